The summed E-state index contributed by atoms with van der Waals surface area (Å²) in [5.41, 5.74) is 0. The Hall–Kier alpha value is -1.26. The number of amides is 2. The lowest BCUT2D eigenvalue weighted by Gasteiger charge is -2.54. The summed E-state index contributed by atoms with van der Waals surface area (Å²) in [6.45, 7) is 8.32. The van der Waals surface area contributed by atoms with E-state index in [1.165, 1.54) is 20.0 Å². The number of piperidine rings is 2. The maximum atomic E-state index is 13.2. The van der Waals surface area contributed by atoms with E-state index in [-0.39, 0.29) is 11.8 Å². The Morgan fingerprint density at radius 1 is 1.09 bits per heavy atom. The summed E-state index contributed by atoms with van der Waals surface area (Å²) in [7, 11) is 1.33. The van der Waals surface area contributed by atoms with Gasteiger partial charge in [0.25, 0.3) is 0 Å². The first-order valence-electron chi connectivity index (χ1n) is 8.53. The molecule has 3 rings (SSSR count). The Kier molecular flexibility index (Phi) is 5.35. The van der Waals surface area contributed by atoms with Gasteiger partial charge in [0.05, 0.1) is 7.11 Å². The summed E-state index contributed by atoms with van der Waals surface area (Å²) in [5.74, 6) is 1.16. The molecule has 3 fully saturated rings. The maximum absolute atomic E-state index is 13.2. The average molecular weight is 310 g/mol. The van der Waals surface area contributed by atoms with Gasteiger partial charge in [-0.15, -0.1) is 0 Å². The van der Waals surface area contributed by atoms with E-state index in [2.05, 4.69) is 28.8 Å². The Bertz CT molecular complexity index is 414. The van der Waals surface area contributed by atoms with Gasteiger partial charge < -0.3 is 15.0 Å². The molecule has 1 aliphatic carbocycles. The summed E-state index contributed by atoms with van der Waals surface area (Å²) in [6.07, 6.45) is 4.13. The van der Waals surface area contributed by atoms with Crippen molar-refractivity contribution in [3.05, 3.63) is 0 Å². The van der Waals surface area contributed by atoms with Gasteiger partial charge in [-0.3, -0.25) is 4.79 Å². The highest BCUT2D eigenvalue weighted by molar-refractivity contribution is 5.86. The molecule has 1 N–H and O–H groups in total. The number of hydrogen-bond acceptors (Lipinski definition) is 3. The number of rotatable bonds is 4. The fourth-order valence-corrected chi connectivity index (χ4v) is 4.24. The molecule has 2 heterocycles. The monoisotopic (exact) mass is 310 g/mol. The molecule has 22 heavy (non-hydrogen) atoms. The zero-order valence-electron chi connectivity index (χ0n) is 14.5. The zero-order valence-corrected chi connectivity index (χ0v) is 14.5. The van der Waals surface area contributed by atoms with E-state index in [0.29, 0.717) is 23.9 Å². The van der Waals surface area contributed by atoms with E-state index in [9.17, 15) is 9.59 Å². The highest BCUT2D eigenvalue weighted by atomic mass is 16.5. The second-order valence-electron chi connectivity index (χ2n) is 7.41. The lowest BCUT2D eigenvalue weighted by molar-refractivity contribution is -0.150. The van der Waals surface area contributed by atoms with E-state index in [1.54, 1.807) is 0 Å². The van der Waals surface area contributed by atoms with Crippen LogP contribution in [0.5, 0.6) is 0 Å². The SMILES string of the molecule is COC(=O)N[C@H](C(=O)N1C2CCC(CC2)[C@H]1C(C)C)C(C)C. The molecule has 1 saturated carbocycles. The van der Waals surface area contributed by atoms with Gasteiger partial charge in [-0.2, -0.15) is 0 Å². The van der Waals surface area contributed by atoms with Gasteiger partial charge in [-0.1, -0.05) is 27.7 Å². The fourth-order valence-electron chi connectivity index (χ4n) is 4.24. The van der Waals surface area contributed by atoms with Crippen molar-refractivity contribution in [2.75, 3.05) is 7.11 Å². The van der Waals surface area contributed by atoms with Gasteiger partial charge in [0.1, 0.15) is 6.04 Å². The Labute approximate surface area is 133 Å². The van der Waals surface area contributed by atoms with Crippen LogP contribution < -0.4 is 5.32 Å². The third kappa shape index (κ3) is 3.23. The third-order valence-corrected chi connectivity index (χ3v) is 5.27. The van der Waals surface area contributed by atoms with Crippen molar-refractivity contribution in [2.24, 2.45) is 17.8 Å². The number of carbonyl (C=O) groups is 2. The second-order valence-corrected chi connectivity index (χ2v) is 7.41. The molecule has 2 saturated heterocycles. The van der Waals surface area contributed by atoms with Gasteiger partial charge in [-0.25, -0.2) is 4.79 Å². The van der Waals surface area contributed by atoms with E-state index in [1.807, 2.05) is 13.8 Å². The van der Waals surface area contributed by atoms with Crippen LogP contribution in [-0.2, 0) is 9.53 Å². The number of nitrogens with zero attached hydrogens (tertiary/aromatic N) is 1. The number of fused-ring (bicyclic) bond motifs is 3. The smallest absolute Gasteiger partial charge is 0.407 e. The van der Waals surface area contributed by atoms with Gasteiger partial charge in [0.15, 0.2) is 0 Å². The van der Waals surface area contributed by atoms with Crippen LogP contribution in [0.1, 0.15) is 53.4 Å². The lowest BCUT2D eigenvalue weighted by atomic mass is 9.71. The Balaban J connectivity index is 2.22. The van der Waals surface area contributed by atoms with Crippen LogP contribution in [0.25, 0.3) is 0 Å². The highest BCUT2D eigenvalue weighted by Gasteiger charge is 2.47. The molecular formula is C17H30N2O3. The fraction of sp³-hybridized carbons (Fsp3) is 0.882. The minimum Gasteiger partial charge on any atom is -0.453 e. The van der Waals surface area contributed by atoms with Crippen LogP contribution in [0.4, 0.5) is 4.79 Å². The first kappa shape index (κ1) is 17.1. The molecule has 3 aliphatic rings. The minimum absolute atomic E-state index is 0.0415. The number of nitrogens with one attached hydrogen (secondary N) is 1. The van der Waals surface area contributed by atoms with Crippen molar-refractivity contribution in [1.82, 2.24) is 10.2 Å². The van der Waals surface area contributed by atoms with Crippen molar-refractivity contribution in [3.63, 3.8) is 0 Å². The number of ether oxygens (including phenoxy) is 1. The number of alkyl carbamates (subject to hydrolysis) is 1. The van der Waals surface area contributed by atoms with Crippen molar-refractivity contribution in [3.8, 4) is 0 Å². The van der Waals surface area contributed by atoms with Crippen LogP contribution in [0.15, 0.2) is 0 Å². The molecule has 0 aromatic rings. The summed E-state index contributed by atoms with van der Waals surface area (Å²) in [5, 5.41) is 2.73. The first-order chi connectivity index (χ1) is 10.4. The summed E-state index contributed by atoms with van der Waals surface area (Å²) >= 11 is 0. The molecule has 2 bridgehead atoms. The van der Waals surface area contributed by atoms with Crippen LogP contribution in [0, 0.1) is 17.8 Å². The lowest BCUT2D eigenvalue weighted by Crippen LogP contribution is -2.64. The zero-order chi connectivity index (χ0) is 16.4. The molecule has 5 heteroatoms. The number of hydrogen-bond donors (Lipinski definition) is 1. The van der Waals surface area contributed by atoms with Crippen molar-refractivity contribution < 1.29 is 14.3 Å². The van der Waals surface area contributed by atoms with E-state index < -0.39 is 12.1 Å². The topological polar surface area (TPSA) is 58.6 Å². The van der Waals surface area contributed by atoms with Crippen molar-refractivity contribution >= 4 is 12.0 Å². The maximum Gasteiger partial charge on any atom is 0.407 e. The predicted molar refractivity (Wildman–Crippen MR) is 85.4 cm³/mol. The molecule has 2 atom stereocenters. The Morgan fingerprint density at radius 2 is 1.68 bits per heavy atom. The number of methoxy groups -OCH3 is 1. The molecule has 0 spiro atoms. The predicted octanol–water partition coefficient (Wildman–Crippen LogP) is 2.79. The van der Waals surface area contributed by atoms with Crippen LogP contribution in [0.2, 0.25) is 0 Å². The van der Waals surface area contributed by atoms with Gasteiger partial charge in [0.2, 0.25) is 5.91 Å². The molecular weight excluding hydrogens is 280 g/mol. The van der Waals surface area contributed by atoms with E-state index in [0.717, 1.165) is 12.8 Å². The molecule has 0 aromatic heterocycles. The van der Waals surface area contributed by atoms with Crippen LogP contribution in [0.3, 0.4) is 0 Å². The average Bonchev–Trinajstić information content (AvgIpc) is 2.51. The van der Waals surface area contributed by atoms with E-state index >= 15 is 0 Å². The molecule has 2 aliphatic heterocycles. The van der Waals surface area contributed by atoms with Gasteiger partial charge >= 0.3 is 6.09 Å². The first-order valence-corrected chi connectivity index (χ1v) is 8.53. The summed E-state index contributed by atoms with van der Waals surface area (Å²) in [4.78, 5) is 26.8. The minimum atomic E-state index is -0.532. The van der Waals surface area contributed by atoms with Gasteiger partial charge in [-0.05, 0) is 43.4 Å². The van der Waals surface area contributed by atoms with E-state index in [4.69, 9.17) is 0 Å². The highest BCUT2D eigenvalue weighted by Crippen LogP contribution is 2.42. The number of carbonyl (C=O) groups excluding carboxylic acids is 2. The summed E-state index contributed by atoms with van der Waals surface area (Å²) in [6, 6.07) is 0.138. The Morgan fingerprint density at radius 3 is 2.14 bits per heavy atom. The summed E-state index contributed by atoms with van der Waals surface area (Å²) < 4.78 is 4.68. The second kappa shape index (κ2) is 6.88. The van der Waals surface area contributed by atoms with Crippen molar-refractivity contribution in [1.29, 1.82) is 0 Å². The van der Waals surface area contributed by atoms with Gasteiger partial charge in [0, 0.05) is 12.1 Å². The molecule has 2 amide bonds. The van der Waals surface area contributed by atoms with Crippen LogP contribution >= 0.6 is 0 Å². The molecule has 0 aromatic carbocycles. The van der Waals surface area contributed by atoms with Crippen molar-refractivity contribution in [2.45, 2.75) is 71.5 Å². The molecule has 5 nitrogen and oxygen atoms in total. The standard InChI is InChI=1S/C17H30N2O3/c1-10(2)14(18-17(21)22-5)16(20)19-13-8-6-12(7-9-13)15(19)11(3)4/h10-15H,6-9H2,1-5H3,(H,18,21)/t12?,13?,14-,15+/m0/s1. The quantitative estimate of drug-likeness (QED) is 0.868. The normalized spacial score (nSPS) is 28.9. The third-order valence-electron chi connectivity index (χ3n) is 5.27. The molecule has 0 unspecified atom stereocenters. The molecule has 0 radical (unpaired) electrons. The van der Waals surface area contributed by atoms with Crippen LogP contribution in [-0.4, -0.2) is 42.1 Å². The molecule has 126 valence electrons. The largest absolute Gasteiger partial charge is 0.453 e.